The van der Waals surface area contributed by atoms with Crippen LogP contribution in [0.4, 0.5) is 0 Å². The summed E-state index contributed by atoms with van der Waals surface area (Å²) in [7, 11) is 0. The van der Waals surface area contributed by atoms with Gasteiger partial charge in [0.05, 0.1) is 0 Å². The van der Waals surface area contributed by atoms with Crippen LogP contribution in [-0.4, -0.2) is 40.1 Å². The van der Waals surface area contributed by atoms with E-state index in [1.54, 1.807) is 0 Å². The van der Waals surface area contributed by atoms with Crippen LogP contribution in [0.2, 0.25) is 0 Å². The van der Waals surface area contributed by atoms with Crippen molar-refractivity contribution in [2.45, 2.75) is 59.0 Å². The summed E-state index contributed by atoms with van der Waals surface area (Å²) in [4.78, 5) is 4.79. The van der Waals surface area contributed by atoms with E-state index in [1.165, 1.54) is 19.3 Å². The van der Waals surface area contributed by atoms with Crippen LogP contribution in [0, 0.1) is 0 Å². The van der Waals surface area contributed by atoms with Crippen molar-refractivity contribution in [3.05, 3.63) is 0 Å². The van der Waals surface area contributed by atoms with Crippen molar-refractivity contribution in [1.29, 1.82) is 0 Å². The molecule has 0 aromatic carbocycles. The first-order valence-electron chi connectivity index (χ1n) is 6.19. The van der Waals surface area contributed by atoms with E-state index in [0.29, 0.717) is 12.1 Å². The van der Waals surface area contributed by atoms with Gasteiger partial charge >= 0.3 is 0 Å². The quantitative estimate of drug-likeness (QED) is 0.668. The van der Waals surface area contributed by atoms with Crippen LogP contribution in [0.3, 0.4) is 0 Å². The molecule has 0 amide bonds. The maximum atomic E-state index is 5.55. The van der Waals surface area contributed by atoms with E-state index in [1.807, 2.05) is 0 Å². The minimum Gasteiger partial charge on any atom is -0.347 e. The van der Waals surface area contributed by atoms with Crippen molar-refractivity contribution >= 4 is 17.3 Å². The summed E-state index contributed by atoms with van der Waals surface area (Å²) in [6.07, 6.45) is 3.70. The SMILES string of the molecule is CCCCN1C[C@H](CC)N(C(C)C)C1=S. The Morgan fingerprint density at radius 1 is 1.40 bits per heavy atom. The molecular formula is C12H24N2S. The summed E-state index contributed by atoms with van der Waals surface area (Å²) in [5.74, 6) is 0. The lowest BCUT2D eigenvalue weighted by Gasteiger charge is -2.28. The van der Waals surface area contributed by atoms with Gasteiger partial charge in [-0.3, -0.25) is 0 Å². The molecule has 1 saturated heterocycles. The third-order valence-corrected chi connectivity index (χ3v) is 3.59. The Hall–Kier alpha value is -0.310. The molecule has 0 unspecified atom stereocenters. The summed E-state index contributed by atoms with van der Waals surface area (Å²) >= 11 is 5.55. The number of unbranched alkanes of at least 4 members (excludes halogenated alkanes) is 1. The van der Waals surface area contributed by atoms with Gasteiger partial charge in [-0.15, -0.1) is 0 Å². The number of hydrogen-bond donors (Lipinski definition) is 0. The Morgan fingerprint density at radius 2 is 2.07 bits per heavy atom. The number of thiocarbonyl (C=S) groups is 1. The molecule has 1 fully saturated rings. The Kier molecular flexibility index (Phi) is 4.84. The molecule has 1 atom stereocenters. The first-order chi connectivity index (χ1) is 7.11. The highest BCUT2D eigenvalue weighted by atomic mass is 32.1. The van der Waals surface area contributed by atoms with E-state index >= 15 is 0 Å². The molecule has 1 aliphatic heterocycles. The third-order valence-electron chi connectivity index (χ3n) is 3.13. The lowest BCUT2D eigenvalue weighted by Crippen LogP contribution is -2.39. The predicted molar refractivity (Wildman–Crippen MR) is 70.1 cm³/mol. The van der Waals surface area contributed by atoms with Crippen molar-refractivity contribution in [2.75, 3.05) is 13.1 Å². The second-order valence-corrected chi connectivity index (χ2v) is 5.01. The average Bonchev–Trinajstić information content (AvgIpc) is 2.52. The van der Waals surface area contributed by atoms with Crippen molar-refractivity contribution in [2.24, 2.45) is 0 Å². The van der Waals surface area contributed by atoms with Gasteiger partial charge < -0.3 is 9.80 Å². The van der Waals surface area contributed by atoms with Crippen LogP contribution in [0.25, 0.3) is 0 Å². The van der Waals surface area contributed by atoms with Gasteiger partial charge in [0.25, 0.3) is 0 Å². The zero-order valence-electron chi connectivity index (χ0n) is 10.5. The molecule has 1 aliphatic rings. The van der Waals surface area contributed by atoms with Gasteiger partial charge in [-0.1, -0.05) is 20.3 Å². The Labute approximate surface area is 99.6 Å². The van der Waals surface area contributed by atoms with Crippen LogP contribution in [0.1, 0.15) is 47.0 Å². The van der Waals surface area contributed by atoms with Gasteiger partial charge in [0.15, 0.2) is 5.11 Å². The first-order valence-corrected chi connectivity index (χ1v) is 6.59. The van der Waals surface area contributed by atoms with Gasteiger partial charge in [-0.2, -0.15) is 0 Å². The maximum absolute atomic E-state index is 5.55. The topological polar surface area (TPSA) is 6.48 Å². The van der Waals surface area contributed by atoms with Crippen molar-refractivity contribution in [3.8, 4) is 0 Å². The molecule has 0 spiro atoms. The van der Waals surface area contributed by atoms with E-state index in [9.17, 15) is 0 Å². The molecular weight excluding hydrogens is 204 g/mol. The molecule has 0 aromatic rings. The average molecular weight is 228 g/mol. The van der Waals surface area contributed by atoms with Gasteiger partial charge in [0, 0.05) is 25.2 Å². The molecule has 3 heteroatoms. The molecule has 1 heterocycles. The fraction of sp³-hybridized carbons (Fsp3) is 0.917. The second kappa shape index (κ2) is 5.69. The fourth-order valence-corrected chi connectivity index (χ4v) is 2.77. The normalized spacial score (nSPS) is 21.9. The molecule has 0 aromatic heterocycles. The van der Waals surface area contributed by atoms with E-state index in [2.05, 4.69) is 37.5 Å². The third kappa shape index (κ3) is 2.83. The maximum Gasteiger partial charge on any atom is 0.172 e. The highest BCUT2D eigenvalue weighted by Gasteiger charge is 2.33. The van der Waals surface area contributed by atoms with Gasteiger partial charge in [0.2, 0.25) is 0 Å². The molecule has 0 bridgehead atoms. The molecule has 0 aliphatic carbocycles. The minimum atomic E-state index is 0.536. The first kappa shape index (κ1) is 12.8. The molecule has 88 valence electrons. The van der Waals surface area contributed by atoms with E-state index in [-0.39, 0.29) is 0 Å². The van der Waals surface area contributed by atoms with Gasteiger partial charge in [-0.25, -0.2) is 0 Å². The van der Waals surface area contributed by atoms with E-state index < -0.39 is 0 Å². The highest BCUT2D eigenvalue weighted by Crippen LogP contribution is 2.21. The van der Waals surface area contributed by atoms with Crippen LogP contribution < -0.4 is 0 Å². The molecule has 2 nitrogen and oxygen atoms in total. The Morgan fingerprint density at radius 3 is 2.47 bits per heavy atom. The number of nitrogens with zero attached hydrogens (tertiary/aromatic N) is 2. The Balaban J connectivity index is 2.62. The van der Waals surface area contributed by atoms with Crippen LogP contribution in [0.5, 0.6) is 0 Å². The largest absolute Gasteiger partial charge is 0.347 e. The van der Waals surface area contributed by atoms with E-state index in [4.69, 9.17) is 12.2 Å². The lowest BCUT2D eigenvalue weighted by atomic mass is 10.2. The zero-order valence-corrected chi connectivity index (χ0v) is 11.3. The fourth-order valence-electron chi connectivity index (χ4n) is 2.24. The summed E-state index contributed by atoms with van der Waals surface area (Å²) < 4.78 is 0. The van der Waals surface area contributed by atoms with Gasteiger partial charge in [0.1, 0.15) is 0 Å². The second-order valence-electron chi connectivity index (χ2n) is 4.65. The highest BCUT2D eigenvalue weighted by molar-refractivity contribution is 7.80. The van der Waals surface area contributed by atoms with Crippen LogP contribution >= 0.6 is 12.2 Å². The van der Waals surface area contributed by atoms with Crippen molar-refractivity contribution in [3.63, 3.8) is 0 Å². The van der Waals surface area contributed by atoms with Crippen molar-refractivity contribution in [1.82, 2.24) is 9.80 Å². The number of hydrogen-bond acceptors (Lipinski definition) is 1. The number of rotatable bonds is 5. The monoisotopic (exact) mass is 228 g/mol. The molecule has 0 N–H and O–H groups in total. The molecule has 15 heavy (non-hydrogen) atoms. The summed E-state index contributed by atoms with van der Waals surface area (Å²) in [6.45, 7) is 11.2. The van der Waals surface area contributed by atoms with Crippen LogP contribution in [0.15, 0.2) is 0 Å². The predicted octanol–water partition coefficient (Wildman–Crippen LogP) is 2.88. The minimum absolute atomic E-state index is 0.536. The smallest absolute Gasteiger partial charge is 0.172 e. The van der Waals surface area contributed by atoms with E-state index in [0.717, 1.165) is 18.2 Å². The standard InChI is InChI=1S/C12H24N2S/c1-5-7-8-13-9-11(6-2)14(10(3)4)12(13)15/h10-11H,5-9H2,1-4H3/t11-/m0/s1. The van der Waals surface area contributed by atoms with Gasteiger partial charge in [-0.05, 0) is 38.9 Å². The molecule has 1 rings (SSSR count). The Bertz CT molecular complexity index is 216. The molecule has 0 radical (unpaired) electrons. The molecule has 0 saturated carbocycles. The summed E-state index contributed by atoms with van der Waals surface area (Å²) in [5.41, 5.74) is 0. The zero-order chi connectivity index (χ0) is 11.4. The van der Waals surface area contributed by atoms with Crippen molar-refractivity contribution < 1.29 is 0 Å². The lowest BCUT2D eigenvalue weighted by molar-refractivity contribution is 0.287. The summed E-state index contributed by atoms with van der Waals surface area (Å²) in [5, 5.41) is 1.07. The van der Waals surface area contributed by atoms with Crippen LogP contribution in [-0.2, 0) is 0 Å². The summed E-state index contributed by atoms with van der Waals surface area (Å²) in [6, 6.07) is 1.17.